The maximum atomic E-state index is 11.9. The van der Waals surface area contributed by atoms with Gasteiger partial charge in [0.1, 0.15) is 0 Å². The number of aliphatic hydroxyl groups is 1. The van der Waals surface area contributed by atoms with Crippen LogP contribution in [0.5, 0.6) is 0 Å². The van der Waals surface area contributed by atoms with E-state index in [0.717, 1.165) is 24.2 Å². The Morgan fingerprint density at radius 3 is 2.70 bits per heavy atom. The van der Waals surface area contributed by atoms with E-state index in [9.17, 15) is 9.90 Å². The molecule has 110 valence electrons. The van der Waals surface area contributed by atoms with Crippen molar-refractivity contribution in [2.75, 3.05) is 19.6 Å². The molecule has 2 rings (SSSR count). The summed E-state index contributed by atoms with van der Waals surface area (Å²) in [5.41, 5.74) is 1.95. The normalized spacial score (nSPS) is 20.9. The van der Waals surface area contributed by atoms with Gasteiger partial charge in [-0.1, -0.05) is 31.2 Å². The Morgan fingerprint density at radius 2 is 2.15 bits per heavy atom. The lowest BCUT2D eigenvalue weighted by molar-refractivity contribution is -0.122. The first-order valence-corrected chi connectivity index (χ1v) is 7.30. The van der Waals surface area contributed by atoms with E-state index in [1.54, 1.807) is 6.92 Å². The van der Waals surface area contributed by atoms with Crippen molar-refractivity contribution in [3.8, 4) is 0 Å². The third-order valence-corrected chi connectivity index (χ3v) is 3.83. The molecule has 1 aliphatic rings. The number of carbonyl (C=O) groups excluding carboxylic acids is 1. The summed E-state index contributed by atoms with van der Waals surface area (Å²) in [5, 5.41) is 12.4. The first-order valence-electron chi connectivity index (χ1n) is 7.30. The molecule has 2 N–H and O–H groups in total. The van der Waals surface area contributed by atoms with Gasteiger partial charge >= 0.3 is 0 Å². The zero-order chi connectivity index (χ0) is 14.5. The van der Waals surface area contributed by atoms with Gasteiger partial charge in [0.25, 0.3) is 0 Å². The number of hydrogen-bond donors (Lipinski definition) is 2. The highest BCUT2D eigenvalue weighted by Crippen LogP contribution is 2.14. The van der Waals surface area contributed by atoms with Crippen molar-refractivity contribution in [1.29, 1.82) is 0 Å². The lowest BCUT2D eigenvalue weighted by atomic mass is 10.1. The van der Waals surface area contributed by atoms with E-state index in [0.29, 0.717) is 19.0 Å². The minimum absolute atomic E-state index is 0.0821. The molecule has 4 nitrogen and oxygen atoms in total. The fraction of sp³-hybridized carbons (Fsp3) is 0.562. The summed E-state index contributed by atoms with van der Waals surface area (Å²) < 4.78 is 0. The summed E-state index contributed by atoms with van der Waals surface area (Å²) in [6, 6.07) is 7.68. The van der Waals surface area contributed by atoms with E-state index in [1.165, 1.54) is 6.42 Å². The van der Waals surface area contributed by atoms with Crippen molar-refractivity contribution in [2.45, 2.75) is 32.9 Å². The minimum atomic E-state index is -0.448. The lowest BCUT2D eigenvalue weighted by Crippen LogP contribution is -2.35. The molecule has 2 atom stereocenters. The van der Waals surface area contributed by atoms with Gasteiger partial charge in [0.05, 0.1) is 12.6 Å². The summed E-state index contributed by atoms with van der Waals surface area (Å²) in [6.07, 6.45) is 0.740. The summed E-state index contributed by atoms with van der Waals surface area (Å²) in [7, 11) is 0. The van der Waals surface area contributed by atoms with Gasteiger partial charge in [0, 0.05) is 13.1 Å². The van der Waals surface area contributed by atoms with Gasteiger partial charge in [-0.05, 0) is 36.9 Å². The fourth-order valence-corrected chi connectivity index (χ4v) is 2.54. The Kier molecular flexibility index (Phi) is 5.15. The second-order valence-electron chi connectivity index (χ2n) is 5.82. The monoisotopic (exact) mass is 276 g/mol. The molecular formula is C16H24N2O2. The number of likely N-dealkylation sites (tertiary alicyclic amines) is 1. The van der Waals surface area contributed by atoms with Gasteiger partial charge in [-0.2, -0.15) is 0 Å². The Morgan fingerprint density at radius 1 is 1.45 bits per heavy atom. The van der Waals surface area contributed by atoms with E-state index in [4.69, 9.17) is 0 Å². The average molecular weight is 276 g/mol. The topological polar surface area (TPSA) is 52.6 Å². The highest BCUT2D eigenvalue weighted by molar-refractivity contribution is 5.78. The maximum Gasteiger partial charge on any atom is 0.234 e. The number of rotatable bonds is 5. The summed E-state index contributed by atoms with van der Waals surface area (Å²) >= 11 is 0. The number of nitrogens with zero attached hydrogens (tertiary/aromatic N) is 1. The molecule has 0 bridgehead atoms. The molecule has 0 aromatic heterocycles. The summed E-state index contributed by atoms with van der Waals surface area (Å²) in [5.74, 6) is 0.787. The minimum Gasteiger partial charge on any atom is -0.389 e. The van der Waals surface area contributed by atoms with Gasteiger partial charge in [-0.15, -0.1) is 0 Å². The fourth-order valence-electron chi connectivity index (χ4n) is 2.54. The standard InChI is InChI=1S/C16H24N2O2/c1-12-7-8-18(10-12)11-16(20)17-9-14-3-5-15(6-4-14)13(2)19/h3-6,12-13,19H,7-11H2,1-2H3,(H,17,20). The van der Waals surface area contributed by atoms with Gasteiger partial charge in [0.2, 0.25) is 5.91 Å². The van der Waals surface area contributed by atoms with Crippen molar-refractivity contribution in [3.63, 3.8) is 0 Å². The van der Waals surface area contributed by atoms with Crippen LogP contribution in [0.1, 0.15) is 37.5 Å². The van der Waals surface area contributed by atoms with Gasteiger partial charge in [-0.25, -0.2) is 0 Å². The Hall–Kier alpha value is -1.39. The second-order valence-corrected chi connectivity index (χ2v) is 5.82. The molecule has 4 heteroatoms. The maximum absolute atomic E-state index is 11.9. The molecule has 1 fully saturated rings. The predicted octanol–water partition coefficient (Wildman–Crippen LogP) is 1.70. The molecule has 1 heterocycles. The molecule has 2 unspecified atom stereocenters. The molecule has 0 radical (unpaired) electrons. The van der Waals surface area contributed by atoms with E-state index in [2.05, 4.69) is 17.1 Å². The highest BCUT2D eigenvalue weighted by atomic mass is 16.3. The first kappa shape index (κ1) is 15.0. The van der Waals surface area contributed by atoms with E-state index < -0.39 is 6.10 Å². The van der Waals surface area contributed by atoms with E-state index in [-0.39, 0.29) is 5.91 Å². The number of nitrogens with one attached hydrogen (secondary N) is 1. The lowest BCUT2D eigenvalue weighted by Gasteiger charge is -2.15. The number of aliphatic hydroxyl groups excluding tert-OH is 1. The zero-order valence-corrected chi connectivity index (χ0v) is 12.3. The Bertz CT molecular complexity index is 442. The molecule has 0 saturated carbocycles. The van der Waals surface area contributed by atoms with E-state index in [1.807, 2.05) is 24.3 Å². The molecule has 1 aromatic carbocycles. The van der Waals surface area contributed by atoms with Crippen LogP contribution in [0.4, 0.5) is 0 Å². The Labute approximate surface area is 120 Å². The molecule has 1 aliphatic heterocycles. The van der Waals surface area contributed by atoms with Gasteiger partial charge in [-0.3, -0.25) is 9.69 Å². The quantitative estimate of drug-likeness (QED) is 0.860. The smallest absolute Gasteiger partial charge is 0.234 e. The summed E-state index contributed by atoms with van der Waals surface area (Å²) in [6.45, 7) is 7.06. The van der Waals surface area contributed by atoms with Crippen molar-refractivity contribution >= 4 is 5.91 Å². The number of amides is 1. The largest absolute Gasteiger partial charge is 0.389 e. The summed E-state index contributed by atoms with van der Waals surface area (Å²) in [4.78, 5) is 14.1. The van der Waals surface area contributed by atoms with Crippen molar-refractivity contribution < 1.29 is 9.90 Å². The first-order chi connectivity index (χ1) is 9.54. The SMILES string of the molecule is CC1CCN(CC(=O)NCc2ccc(C(C)O)cc2)C1. The van der Waals surface area contributed by atoms with Crippen molar-refractivity contribution in [2.24, 2.45) is 5.92 Å². The Balaban J connectivity index is 1.75. The predicted molar refractivity (Wildman–Crippen MR) is 79.1 cm³/mol. The highest BCUT2D eigenvalue weighted by Gasteiger charge is 2.20. The molecule has 1 aromatic rings. The molecule has 0 aliphatic carbocycles. The van der Waals surface area contributed by atoms with Crippen LogP contribution in [0.2, 0.25) is 0 Å². The third-order valence-electron chi connectivity index (χ3n) is 3.83. The number of hydrogen-bond acceptors (Lipinski definition) is 3. The molecule has 1 amide bonds. The van der Waals surface area contributed by atoms with Crippen LogP contribution >= 0.6 is 0 Å². The van der Waals surface area contributed by atoms with Gasteiger partial charge in [0.15, 0.2) is 0 Å². The van der Waals surface area contributed by atoms with Crippen LogP contribution in [-0.4, -0.2) is 35.5 Å². The third kappa shape index (κ3) is 4.32. The van der Waals surface area contributed by atoms with Crippen LogP contribution in [0.3, 0.4) is 0 Å². The molecule has 1 saturated heterocycles. The van der Waals surface area contributed by atoms with Crippen molar-refractivity contribution in [1.82, 2.24) is 10.2 Å². The molecule has 20 heavy (non-hydrogen) atoms. The van der Waals surface area contributed by atoms with Gasteiger partial charge < -0.3 is 10.4 Å². The zero-order valence-electron chi connectivity index (χ0n) is 12.3. The van der Waals surface area contributed by atoms with Crippen LogP contribution in [0.15, 0.2) is 24.3 Å². The number of carbonyl (C=O) groups is 1. The molecule has 0 spiro atoms. The molecular weight excluding hydrogens is 252 g/mol. The van der Waals surface area contributed by atoms with E-state index >= 15 is 0 Å². The van der Waals surface area contributed by atoms with Crippen LogP contribution < -0.4 is 5.32 Å². The van der Waals surface area contributed by atoms with Crippen LogP contribution in [0.25, 0.3) is 0 Å². The van der Waals surface area contributed by atoms with Crippen molar-refractivity contribution in [3.05, 3.63) is 35.4 Å². The number of benzene rings is 1. The van der Waals surface area contributed by atoms with Crippen LogP contribution in [0, 0.1) is 5.92 Å². The second kappa shape index (κ2) is 6.86. The van der Waals surface area contributed by atoms with Crippen LogP contribution in [-0.2, 0) is 11.3 Å². The average Bonchev–Trinajstić information content (AvgIpc) is 2.82.